The molecule has 1 unspecified atom stereocenters. The van der Waals surface area contributed by atoms with Gasteiger partial charge in [0.05, 0.1) is 6.54 Å². The fourth-order valence-electron chi connectivity index (χ4n) is 3.71. The Balaban J connectivity index is 0.00000320. The van der Waals surface area contributed by atoms with Crippen molar-refractivity contribution in [3.8, 4) is 0 Å². The van der Waals surface area contributed by atoms with Gasteiger partial charge in [-0.3, -0.25) is 9.79 Å². The van der Waals surface area contributed by atoms with E-state index in [9.17, 15) is 9.90 Å². The Morgan fingerprint density at radius 2 is 1.93 bits per heavy atom. The summed E-state index contributed by atoms with van der Waals surface area (Å²) in [5, 5.41) is 21.0. The summed E-state index contributed by atoms with van der Waals surface area (Å²) in [4.78, 5) is 17.4. The number of carbonyl (C=O) groups is 1. The molecule has 6 nitrogen and oxygen atoms in total. The predicted molar refractivity (Wildman–Crippen MR) is 136 cm³/mol. The van der Waals surface area contributed by atoms with Crippen molar-refractivity contribution < 1.29 is 9.90 Å². The smallest absolute Gasteiger partial charge is 0.220 e. The van der Waals surface area contributed by atoms with Crippen LogP contribution in [0.1, 0.15) is 50.0 Å². The Hall–Kier alpha value is -1.39. The second-order valence-electron chi connectivity index (χ2n) is 7.55. The standard InChI is InChI=1S/C22H32N4O2S.HI/c1-2-23-22(25-12-11-24-21(28)13-16-7-3-4-8-16)26-15-18(27)20-14-17-9-5-6-10-19(17)29-20;/h5-6,9-10,14,16,18,27H,2-4,7-8,11-13,15H2,1H3,(H,24,28)(H2,23,25,26);1H. The highest BCUT2D eigenvalue weighted by Crippen LogP contribution is 2.30. The lowest BCUT2D eigenvalue weighted by Crippen LogP contribution is -2.41. The number of fused-ring (bicyclic) bond motifs is 1. The first-order valence-electron chi connectivity index (χ1n) is 10.6. The first-order chi connectivity index (χ1) is 14.2. The summed E-state index contributed by atoms with van der Waals surface area (Å²) < 4.78 is 1.17. The third-order valence-corrected chi connectivity index (χ3v) is 6.45. The third-order valence-electron chi connectivity index (χ3n) is 5.23. The van der Waals surface area contributed by atoms with Crippen molar-refractivity contribution in [1.82, 2.24) is 16.0 Å². The third kappa shape index (κ3) is 7.70. The van der Waals surface area contributed by atoms with Gasteiger partial charge < -0.3 is 21.1 Å². The van der Waals surface area contributed by atoms with Crippen LogP contribution in [0.15, 0.2) is 35.3 Å². The molecule has 0 spiro atoms. The molecule has 1 heterocycles. The number of guanidine groups is 1. The molecule has 1 aromatic carbocycles. The summed E-state index contributed by atoms with van der Waals surface area (Å²) in [7, 11) is 0. The second kappa shape index (κ2) is 13.1. The number of carbonyl (C=O) groups excluding carboxylic acids is 1. The van der Waals surface area contributed by atoms with E-state index in [0.717, 1.165) is 16.8 Å². The molecule has 0 saturated heterocycles. The molecule has 1 saturated carbocycles. The Kier molecular flexibility index (Phi) is 10.9. The van der Waals surface area contributed by atoms with Crippen LogP contribution in [0.5, 0.6) is 0 Å². The van der Waals surface area contributed by atoms with E-state index in [1.807, 2.05) is 25.1 Å². The summed E-state index contributed by atoms with van der Waals surface area (Å²) in [6.45, 7) is 4.19. The van der Waals surface area contributed by atoms with Crippen LogP contribution in [0.25, 0.3) is 10.1 Å². The van der Waals surface area contributed by atoms with Gasteiger partial charge in [-0.1, -0.05) is 31.0 Å². The lowest BCUT2D eigenvalue weighted by Gasteiger charge is -2.14. The molecule has 1 fully saturated rings. The van der Waals surface area contributed by atoms with Crippen molar-refractivity contribution in [2.24, 2.45) is 10.9 Å². The SMILES string of the molecule is CCNC(=NCC(O)c1cc2ccccc2s1)NCCNC(=O)CC1CCCC1.I. The average molecular weight is 545 g/mol. The normalized spacial score (nSPS) is 15.6. The number of aliphatic imine (C=N–C) groups is 1. The summed E-state index contributed by atoms with van der Waals surface area (Å²) in [5.41, 5.74) is 0. The molecule has 1 aliphatic rings. The predicted octanol–water partition coefficient (Wildman–Crippen LogP) is 3.80. The lowest BCUT2D eigenvalue weighted by atomic mass is 10.0. The minimum Gasteiger partial charge on any atom is -0.386 e. The number of rotatable bonds is 9. The molecule has 0 bridgehead atoms. The van der Waals surface area contributed by atoms with Gasteiger partial charge in [0.25, 0.3) is 0 Å². The Labute approximate surface area is 200 Å². The highest BCUT2D eigenvalue weighted by molar-refractivity contribution is 14.0. The van der Waals surface area contributed by atoms with E-state index < -0.39 is 6.10 Å². The minimum atomic E-state index is -0.631. The molecular weight excluding hydrogens is 511 g/mol. The highest BCUT2D eigenvalue weighted by Gasteiger charge is 2.18. The molecule has 3 rings (SSSR count). The van der Waals surface area contributed by atoms with E-state index in [1.54, 1.807) is 11.3 Å². The summed E-state index contributed by atoms with van der Waals surface area (Å²) in [6.07, 6.45) is 4.91. The number of hydrogen-bond acceptors (Lipinski definition) is 4. The molecule has 8 heteroatoms. The van der Waals surface area contributed by atoms with Crippen molar-refractivity contribution in [2.45, 2.75) is 45.1 Å². The summed E-state index contributed by atoms with van der Waals surface area (Å²) in [5.74, 6) is 1.36. The fourth-order valence-corrected chi connectivity index (χ4v) is 4.75. The van der Waals surface area contributed by atoms with Crippen LogP contribution >= 0.6 is 35.3 Å². The zero-order valence-electron chi connectivity index (χ0n) is 17.5. The summed E-state index contributed by atoms with van der Waals surface area (Å²) in [6, 6.07) is 10.2. The van der Waals surface area contributed by atoms with E-state index in [4.69, 9.17) is 0 Å². The minimum absolute atomic E-state index is 0. The zero-order valence-corrected chi connectivity index (χ0v) is 20.7. The van der Waals surface area contributed by atoms with Crippen LogP contribution in [0, 0.1) is 5.92 Å². The highest BCUT2D eigenvalue weighted by atomic mass is 127. The monoisotopic (exact) mass is 544 g/mol. The van der Waals surface area contributed by atoms with Gasteiger partial charge in [0, 0.05) is 35.6 Å². The maximum atomic E-state index is 12.0. The van der Waals surface area contributed by atoms with Gasteiger partial charge in [-0.15, -0.1) is 35.3 Å². The van der Waals surface area contributed by atoms with E-state index in [1.165, 1.54) is 30.4 Å². The van der Waals surface area contributed by atoms with Gasteiger partial charge in [-0.25, -0.2) is 0 Å². The van der Waals surface area contributed by atoms with Crippen LogP contribution in [0.4, 0.5) is 0 Å². The number of nitrogens with zero attached hydrogens (tertiary/aromatic N) is 1. The molecular formula is C22H33IN4O2S. The number of amides is 1. The maximum Gasteiger partial charge on any atom is 0.220 e. The largest absolute Gasteiger partial charge is 0.386 e. The molecule has 0 aliphatic heterocycles. The Morgan fingerprint density at radius 1 is 1.20 bits per heavy atom. The number of halogens is 1. The van der Waals surface area contributed by atoms with Crippen molar-refractivity contribution >= 4 is 57.3 Å². The Morgan fingerprint density at radius 3 is 2.67 bits per heavy atom. The van der Waals surface area contributed by atoms with Crippen molar-refractivity contribution in [3.05, 3.63) is 35.2 Å². The maximum absolute atomic E-state index is 12.0. The molecule has 30 heavy (non-hydrogen) atoms. The van der Waals surface area contributed by atoms with Crippen LogP contribution < -0.4 is 16.0 Å². The number of nitrogens with one attached hydrogen (secondary N) is 3. The van der Waals surface area contributed by atoms with Crippen molar-refractivity contribution in [2.75, 3.05) is 26.2 Å². The average Bonchev–Trinajstić information content (AvgIpc) is 3.38. The zero-order chi connectivity index (χ0) is 20.5. The first-order valence-corrected chi connectivity index (χ1v) is 11.4. The first kappa shape index (κ1) is 24.9. The van der Waals surface area contributed by atoms with Gasteiger partial charge >= 0.3 is 0 Å². The Bertz CT molecular complexity index is 787. The number of hydrogen-bond donors (Lipinski definition) is 4. The topological polar surface area (TPSA) is 85.8 Å². The molecule has 1 amide bonds. The molecule has 1 atom stereocenters. The second-order valence-corrected chi connectivity index (χ2v) is 8.67. The van der Waals surface area contributed by atoms with Gasteiger partial charge in [0.1, 0.15) is 6.10 Å². The van der Waals surface area contributed by atoms with E-state index in [-0.39, 0.29) is 36.4 Å². The fraction of sp³-hybridized carbons (Fsp3) is 0.545. The van der Waals surface area contributed by atoms with Crippen LogP contribution in [-0.2, 0) is 4.79 Å². The lowest BCUT2D eigenvalue weighted by molar-refractivity contribution is -0.121. The molecule has 0 radical (unpaired) electrons. The van der Waals surface area contributed by atoms with E-state index in [2.05, 4.69) is 33.1 Å². The number of aliphatic hydroxyl groups is 1. The summed E-state index contributed by atoms with van der Waals surface area (Å²) >= 11 is 1.60. The molecule has 166 valence electrons. The number of aliphatic hydroxyl groups excluding tert-OH is 1. The van der Waals surface area contributed by atoms with Crippen LogP contribution in [0.3, 0.4) is 0 Å². The van der Waals surface area contributed by atoms with Crippen LogP contribution in [-0.4, -0.2) is 43.2 Å². The number of thiophene rings is 1. The molecule has 1 aliphatic carbocycles. The molecule has 1 aromatic heterocycles. The van der Waals surface area contributed by atoms with Crippen LogP contribution in [0.2, 0.25) is 0 Å². The van der Waals surface area contributed by atoms with Gasteiger partial charge in [0.15, 0.2) is 5.96 Å². The quantitative estimate of drug-likeness (QED) is 0.168. The van der Waals surface area contributed by atoms with Gasteiger partial charge in [-0.05, 0) is 43.2 Å². The van der Waals surface area contributed by atoms with Gasteiger partial charge in [-0.2, -0.15) is 0 Å². The van der Waals surface area contributed by atoms with E-state index in [0.29, 0.717) is 31.4 Å². The van der Waals surface area contributed by atoms with E-state index >= 15 is 0 Å². The number of benzene rings is 1. The van der Waals surface area contributed by atoms with Crippen molar-refractivity contribution in [1.29, 1.82) is 0 Å². The van der Waals surface area contributed by atoms with Gasteiger partial charge in [0.2, 0.25) is 5.91 Å². The van der Waals surface area contributed by atoms with Crippen molar-refractivity contribution in [3.63, 3.8) is 0 Å². The molecule has 4 N–H and O–H groups in total. The molecule has 2 aromatic rings.